The Labute approximate surface area is 180 Å². The molecule has 1 aliphatic carbocycles. The molecule has 160 valence electrons. The molecule has 0 bridgehead atoms. The van der Waals surface area contributed by atoms with Gasteiger partial charge in [0.05, 0.1) is 5.69 Å². The van der Waals surface area contributed by atoms with Gasteiger partial charge in [-0.05, 0) is 68.0 Å². The van der Waals surface area contributed by atoms with Gasteiger partial charge in [0.25, 0.3) is 5.91 Å². The molecule has 3 aromatic rings. The lowest BCUT2D eigenvalue weighted by atomic mass is 9.95. The van der Waals surface area contributed by atoms with Gasteiger partial charge < -0.3 is 10.1 Å². The van der Waals surface area contributed by atoms with E-state index in [0.717, 1.165) is 48.9 Å². The van der Waals surface area contributed by atoms with E-state index < -0.39 is 18.5 Å². The molecule has 1 N–H and O–H groups in total. The van der Waals surface area contributed by atoms with E-state index in [9.17, 15) is 14.0 Å². The third-order valence-electron chi connectivity index (χ3n) is 5.45. The Bertz CT molecular complexity index is 1110. The van der Waals surface area contributed by atoms with E-state index >= 15 is 0 Å². The van der Waals surface area contributed by atoms with E-state index in [4.69, 9.17) is 4.74 Å². The molecule has 0 spiro atoms. The molecule has 0 unspecified atom stereocenters. The first-order valence-electron chi connectivity index (χ1n) is 10.5. The number of hydrogen-bond acceptors (Lipinski definition) is 4. The molecule has 1 aromatic heterocycles. The van der Waals surface area contributed by atoms with Gasteiger partial charge in [-0.1, -0.05) is 25.1 Å². The fraction of sp³-hybridized carbons (Fsp3) is 0.292. The van der Waals surface area contributed by atoms with Crippen molar-refractivity contribution >= 4 is 17.6 Å². The monoisotopic (exact) mass is 421 g/mol. The first-order valence-corrected chi connectivity index (χ1v) is 10.5. The number of esters is 1. The first-order chi connectivity index (χ1) is 15.1. The fourth-order valence-corrected chi connectivity index (χ4v) is 3.90. The maximum atomic E-state index is 13.3. The van der Waals surface area contributed by atoms with E-state index in [1.165, 1.54) is 12.1 Å². The molecule has 7 heteroatoms. The Balaban J connectivity index is 1.49. The van der Waals surface area contributed by atoms with Crippen LogP contribution in [0.4, 0.5) is 10.1 Å². The predicted molar refractivity (Wildman–Crippen MR) is 115 cm³/mol. The van der Waals surface area contributed by atoms with Crippen LogP contribution in [-0.2, 0) is 28.8 Å². The van der Waals surface area contributed by atoms with Crippen LogP contribution in [0.25, 0.3) is 5.69 Å². The SMILES string of the molecule is CCc1ccccc1NC(=O)COC(=O)c1nn(-c2ccc(F)cc2)c2c1CCCC2. The van der Waals surface area contributed by atoms with Gasteiger partial charge >= 0.3 is 5.97 Å². The number of fused-ring (bicyclic) bond motifs is 1. The van der Waals surface area contributed by atoms with Crippen molar-refractivity contribution in [2.75, 3.05) is 11.9 Å². The molecule has 4 rings (SSSR count). The van der Waals surface area contributed by atoms with Gasteiger partial charge in [0.2, 0.25) is 0 Å². The number of carbonyl (C=O) groups excluding carboxylic acids is 2. The van der Waals surface area contributed by atoms with Gasteiger partial charge in [-0.15, -0.1) is 0 Å². The van der Waals surface area contributed by atoms with Gasteiger partial charge in [0.15, 0.2) is 12.3 Å². The maximum Gasteiger partial charge on any atom is 0.359 e. The van der Waals surface area contributed by atoms with Gasteiger partial charge in [-0.2, -0.15) is 5.10 Å². The highest BCUT2D eigenvalue weighted by Gasteiger charge is 2.27. The molecule has 1 heterocycles. The van der Waals surface area contributed by atoms with E-state index in [2.05, 4.69) is 10.4 Å². The van der Waals surface area contributed by atoms with Crippen LogP contribution in [0, 0.1) is 5.82 Å². The van der Waals surface area contributed by atoms with Crippen molar-refractivity contribution in [1.82, 2.24) is 9.78 Å². The molecular weight excluding hydrogens is 397 g/mol. The minimum absolute atomic E-state index is 0.223. The van der Waals surface area contributed by atoms with Crippen molar-refractivity contribution in [2.45, 2.75) is 39.0 Å². The number of ether oxygens (including phenoxy) is 1. The molecule has 1 amide bonds. The molecular formula is C24H24FN3O3. The van der Waals surface area contributed by atoms with Crippen LogP contribution >= 0.6 is 0 Å². The topological polar surface area (TPSA) is 73.2 Å². The number of rotatable bonds is 6. The van der Waals surface area contributed by atoms with E-state index in [1.807, 2.05) is 31.2 Å². The molecule has 0 aliphatic heterocycles. The number of aromatic nitrogens is 2. The summed E-state index contributed by atoms with van der Waals surface area (Å²) in [6.45, 7) is 1.61. The van der Waals surface area contributed by atoms with Crippen LogP contribution in [0.15, 0.2) is 48.5 Å². The summed E-state index contributed by atoms with van der Waals surface area (Å²) in [5, 5.41) is 7.26. The summed E-state index contributed by atoms with van der Waals surface area (Å²) in [5.41, 5.74) is 4.41. The van der Waals surface area contributed by atoms with Crippen molar-refractivity contribution in [1.29, 1.82) is 0 Å². The van der Waals surface area contributed by atoms with Crippen LogP contribution in [-0.4, -0.2) is 28.3 Å². The summed E-state index contributed by atoms with van der Waals surface area (Å²) in [6, 6.07) is 13.5. The number of amides is 1. The lowest BCUT2D eigenvalue weighted by Crippen LogP contribution is -2.22. The molecule has 31 heavy (non-hydrogen) atoms. The smallest absolute Gasteiger partial charge is 0.359 e. The molecule has 0 radical (unpaired) electrons. The van der Waals surface area contributed by atoms with Gasteiger partial charge in [-0.3, -0.25) is 4.79 Å². The largest absolute Gasteiger partial charge is 0.451 e. The van der Waals surface area contributed by atoms with Crippen molar-refractivity contribution < 1.29 is 18.7 Å². The van der Waals surface area contributed by atoms with Crippen molar-refractivity contribution in [3.8, 4) is 5.69 Å². The summed E-state index contributed by atoms with van der Waals surface area (Å²) in [6.07, 6.45) is 4.23. The quantitative estimate of drug-likeness (QED) is 0.604. The second kappa shape index (κ2) is 9.12. The van der Waals surface area contributed by atoms with E-state index in [0.29, 0.717) is 11.4 Å². The fourth-order valence-electron chi connectivity index (χ4n) is 3.90. The summed E-state index contributed by atoms with van der Waals surface area (Å²) in [7, 11) is 0. The minimum atomic E-state index is -0.627. The standard InChI is InChI=1S/C24H24FN3O3/c1-2-16-7-3-5-9-20(16)26-22(29)15-31-24(30)23-19-8-4-6-10-21(19)28(27-23)18-13-11-17(25)12-14-18/h3,5,7,9,11-14H,2,4,6,8,10,15H2,1H3,(H,26,29). The Morgan fingerprint density at radius 2 is 1.84 bits per heavy atom. The third kappa shape index (κ3) is 4.50. The predicted octanol–water partition coefficient (Wildman–Crippen LogP) is 4.25. The number of nitrogens with one attached hydrogen (secondary N) is 1. The number of anilines is 1. The number of benzene rings is 2. The van der Waals surface area contributed by atoms with Crippen LogP contribution in [0.3, 0.4) is 0 Å². The van der Waals surface area contributed by atoms with E-state index in [1.54, 1.807) is 16.8 Å². The first kappa shape index (κ1) is 20.8. The third-order valence-corrected chi connectivity index (χ3v) is 5.45. The summed E-state index contributed by atoms with van der Waals surface area (Å²) >= 11 is 0. The van der Waals surface area contributed by atoms with Gasteiger partial charge in [0.1, 0.15) is 5.82 Å². The van der Waals surface area contributed by atoms with Crippen LogP contribution in [0.5, 0.6) is 0 Å². The number of hydrogen-bond donors (Lipinski definition) is 1. The highest BCUT2D eigenvalue weighted by molar-refractivity contribution is 5.96. The highest BCUT2D eigenvalue weighted by atomic mass is 19.1. The van der Waals surface area contributed by atoms with Crippen LogP contribution in [0.1, 0.15) is 47.1 Å². The zero-order valence-electron chi connectivity index (χ0n) is 17.4. The minimum Gasteiger partial charge on any atom is -0.451 e. The Hall–Kier alpha value is -3.48. The molecule has 0 fully saturated rings. The Morgan fingerprint density at radius 1 is 1.10 bits per heavy atom. The normalized spacial score (nSPS) is 12.8. The van der Waals surface area contributed by atoms with E-state index in [-0.39, 0.29) is 11.5 Å². The number of nitrogens with zero attached hydrogens (tertiary/aromatic N) is 2. The number of para-hydroxylation sites is 1. The number of aryl methyl sites for hydroxylation is 1. The molecule has 1 aliphatic rings. The molecule has 0 atom stereocenters. The zero-order valence-corrected chi connectivity index (χ0v) is 17.4. The van der Waals surface area contributed by atoms with Crippen LogP contribution in [0.2, 0.25) is 0 Å². The van der Waals surface area contributed by atoms with Crippen molar-refractivity contribution in [3.63, 3.8) is 0 Å². The second-order valence-electron chi connectivity index (χ2n) is 7.50. The summed E-state index contributed by atoms with van der Waals surface area (Å²) in [4.78, 5) is 25.1. The van der Waals surface area contributed by atoms with Crippen molar-refractivity contribution in [2.24, 2.45) is 0 Å². The zero-order chi connectivity index (χ0) is 21.8. The molecule has 6 nitrogen and oxygen atoms in total. The summed E-state index contributed by atoms with van der Waals surface area (Å²) < 4.78 is 20.3. The lowest BCUT2D eigenvalue weighted by Gasteiger charge is -2.14. The summed E-state index contributed by atoms with van der Waals surface area (Å²) in [5.74, 6) is -1.36. The Morgan fingerprint density at radius 3 is 2.61 bits per heavy atom. The van der Waals surface area contributed by atoms with Crippen molar-refractivity contribution in [3.05, 3.63) is 76.9 Å². The van der Waals surface area contributed by atoms with Gasteiger partial charge in [0, 0.05) is 16.9 Å². The second-order valence-corrected chi connectivity index (χ2v) is 7.50. The Kier molecular flexibility index (Phi) is 6.11. The average Bonchev–Trinajstić information content (AvgIpc) is 3.18. The maximum absolute atomic E-state index is 13.3. The number of carbonyl (C=O) groups is 2. The molecule has 0 saturated heterocycles. The van der Waals surface area contributed by atoms with Gasteiger partial charge in [-0.25, -0.2) is 13.9 Å². The van der Waals surface area contributed by atoms with Crippen LogP contribution < -0.4 is 5.32 Å². The highest BCUT2D eigenvalue weighted by Crippen LogP contribution is 2.27. The average molecular weight is 421 g/mol. The molecule has 2 aromatic carbocycles. The lowest BCUT2D eigenvalue weighted by molar-refractivity contribution is -0.119. The number of halogens is 1. The molecule has 0 saturated carbocycles.